The Morgan fingerprint density at radius 3 is 1.89 bits per heavy atom. The van der Waals surface area contributed by atoms with Crippen molar-refractivity contribution in [2.45, 2.75) is 104 Å². The molecule has 0 aliphatic heterocycles. The molecule has 0 heterocycles. The molecule has 0 spiro atoms. The molecule has 0 unspecified atom stereocenters. The van der Waals surface area contributed by atoms with E-state index in [2.05, 4.69) is 26.1 Å². The van der Waals surface area contributed by atoms with E-state index >= 15 is 0 Å². The van der Waals surface area contributed by atoms with E-state index in [0.717, 1.165) is 19.3 Å². The van der Waals surface area contributed by atoms with E-state index in [9.17, 15) is 4.79 Å². The minimum Gasteiger partial charge on any atom is -0.354 e. The van der Waals surface area contributed by atoms with Crippen LogP contribution in [0.15, 0.2) is 0 Å². The van der Waals surface area contributed by atoms with E-state index in [1.807, 2.05) is 0 Å². The highest BCUT2D eigenvalue weighted by molar-refractivity contribution is 5.76. The lowest BCUT2D eigenvalue weighted by atomic mass is 10.1. The molecule has 114 valence electrons. The molecule has 0 bridgehead atoms. The summed E-state index contributed by atoms with van der Waals surface area (Å²) in [5.41, 5.74) is 0. The van der Waals surface area contributed by atoms with Crippen molar-refractivity contribution >= 4 is 5.91 Å². The Morgan fingerprint density at radius 1 is 0.842 bits per heavy atom. The van der Waals surface area contributed by atoms with Crippen LogP contribution < -0.4 is 5.32 Å². The number of rotatable bonds is 13. The van der Waals surface area contributed by atoms with Crippen LogP contribution in [0, 0.1) is 0 Å². The molecule has 0 rings (SSSR count). The zero-order valence-corrected chi connectivity index (χ0v) is 13.5. The van der Waals surface area contributed by atoms with Gasteiger partial charge >= 0.3 is 0 Å². The van der Waals surface area contributed by atoms with Crippen LogP contribution in [0.4, 0.5) is 0 Å². The molecule has 2 heteroatoms. The minimum absolute atomic E-state index is 0.240. The van der Waals surface area contributed by atoms with Gasteiger partial charge in [-0.25, -0.2) is 0 Å². The Hall–Kier alpha value is -0.530. The molecule has 0 fully saturated rings. The lowest BCUT2D eigenvalue weighted by Crippen LogP contribution is -2.32. The third kappa shape index (κ3) is 13.7. The molecule has 1 amide bonds. The highest BCUT2D eigenvalue weighted by Gasteiger charge is 2.05. The number of carbonyl (C=O) groups excluding carboxylic acids is 1. The van der Waals surface area contributed by atoms with Gasteiger partial charge in [-0.2, -0.15) is 0 Å². The first-order valence-electron chi connectivity index (χ1n) is 8.50. The molecule has 1 N–H and O–H groups in total. The van der Waals surface area contributed by atoms with Crippen molar-refractivity contribution in [2.75, 3.05) is 0 Å². The number of hydrogen-bond donors (Lipinski definition) is 1. The second-order valence-electron chi connectivity index (χ2n) is 5.84. The fourth-order valence-corrected chi connectivity index (χ4v) is 2.45. The summed E-state index contributed by atoms with van der Waals surface area (Å²) in [5, 5.41) is 3.07. The molecule has 0 radical (unpaired) electrons. The molecule has 0 aromatic heterocycles. The monoisotopic (exact) mass is 269 g/mol. The maximum atomic E-state index is 11.6. The molecule has 0 aliphatic carbocycles. The predicted molar refractivity (Wildman–Crippen MR) is 84.4 cm³/mol. The summed E-state index contributed by atoms with van der Waals surface area (Å²) < 4.78 is 0. The third-order valence-electron chi connectivity index (χ3n) is 3.64. The Kier molecular flexibility index (Phi) is 13.5. The Morgan fingerprint density at radius 2 is 1.37 bits per heavy atom. The Bertz CT molecular complexity index is 203. The molecule has 1 atom stereocenters. The van der Waals surface area contributed by atoms with E-state index < -0.39 is 0 Å². The van der Waals surface area contributed by atoms with Gasteiger partial charge in [0.15, 0.2) is 0 Å². The summed E-state index contributed by atoms with van der Waals surface area (Å²) in [6.45, 7) is 6.51. The molecule has 0 aromatic rings. The SMILES string of the molecule is CCCCCCCCCCCC(=O)N[C@@H](C)CCC. The fourth-order valence-electron chi connectivity index (χ4n) is 2.45. The van der Waals surface area contributed by atoms with E-state index in [-0.39, 0.29) is 5.91 Å². The molecule has 0 saturated heterocycles. The number of nitrogens with one attached hydrogen (secondary N) is 1. The second kappa shape index (κ2) is 13.9. The van der Waals surface area contributed by atoms with Gasteiger partial charge in [0.25, 0.3) is 0 Å². The van der Waals surface area contributed by atoms with Crippen LogP contribution in [0.1, 0.15) is 97.8 Å². The third-order valence-corrected chi connectivity index (χ3v) is 3.64. The maximum absolute atomic E-state index is 11.6. The van der Waals surface area contributed by atoms with Crippen molar-refractivity contribution in [3.63, 3.8) is 0 Å². The Balaban J connectivity index is 3.23. The first-order valence-corrected chi connectivity index (χ1v) is 8.50. The lowest BCUT2D eigenvalue weighted by molar-refractivity contribution is -0.121. The number of carbonyl (C=O) groups is 1. The van der Waals surface area contributed by atoms with E-state index in [1.165, 1.54) is 51.4 Å². The average molecular weight is 269 g/mol. The van der Waals surface area contributed by atoms with Crippen LogP contribution in [-0.4, -0.2) is 11.9 Å². The van der Waals surface area contributed by atoms with Crippen molar-refractivity contribution < 1.29 is 4.79 Å². The zero-order valence-electron chi connectivity index (χ0n) is 13.5. The summed E-state index contributed by atoms with van der Waals surface area (Å²) in [6.07, 6.45) is 14.7. The number of amides is 1. The van der Waals surface area contributed by atoms with E-state index in [4.69, 9.17) is 0 Å². The smallest absolute Gasteiger partial charge is 0.220 e. The van der Waals surface area contributed by atoms with Crippen molar-refractivity contribution in [1.82, 2.24) is 5.32 Å². The lowest BCUT2D eigenvalue weighted by Gasteiger charge is -2.12. The van der Waals surface area contributed by atoms with Crippen LogP contribution >= 0.6 is 0 Å². The number of unbranched alkanes of at least 4 members (excludes halogenated alkanes) is 8. The predicted octanol–water partition coefficient (Wildman–Crippen LogP) is 5.21. The number of hydrogen-bond acceptors (Lipinski definition) is 1. The van der Waals surface area contributed by atoms with Crippen LogP contribution in [0.25, 0.3) is 0 Å². The summed E-state index contributed by atoms with van der Waals surface area (Å²) in [6, 6.07) is 0.344. The van der Waals surface area contributed by atoms with Gasteiger partial charge in [-0.1, -0.05) is 71.6 Å². The topological polar surface area (TPSA) is 29.1 Å². The average Bonchev–Trinajstić information content (AvgIpc) is 2.37. The molecule has 2 nitrogen and oxygen atoms in total. The van der Waals surface area contributed by atoms with Gasteiger partial charge in [0, 0.05) is 12.5 Å². The zero-order chi connectivity index (χ0) is 14.3. The van der Waals surface area contributed by atoms with Gasteiger partial charge in [0.2, 0.25) is 5.91 Å². The Labute approximate surface area is 120 Å². The maximum Gasteiger partial charge on any atom is 0.220 e. The van der Waals surface area contributed by atoms with Crippen LogP contribution in [-0.2, 0) is 4.79 Å². The summed E-state index contributed by atoms with van der Waals surface area (Å²) in [4.78, 5) is 11.6. The highest BCUT2D eigenvalue weighted by atomic mass is 16.1. The van der Waals surface area contributed by atoms with Gasteiger partial charge in [0.05, 0.1) is 0 Å². The van der Waals surface area contributed by atoms with Gasteiger partial charge in [0.1, 0.15) is 0 Å². The quantitative estimate of drug-likeness (QED) is 0.457. The van der Waals surface area contributed by atoms with Crippen molar-refractivity contribution in [3.05, 3.63) is 0 Å². The molecular formula is C17H35NO. The first kappa shape index (κ1) is 18.5. The standard InChI is InChI=1S/C17H35NO/c1-4-6-7-8-9-10-11-12-13-15-17(19)18-16(3)14-5-2/h16H,4-15H2,1-3H3,(H,18,19)/t16-/m0/s1. The summed E-state index contributed by atoms with van der Waals surface area (Å²) in [7, 11) is 0. The fraction of sp³-hybridized carbons (Fsp3) is 0.941. The molecule has 19 heavy (non-hydrogen) atoms. The normalized spacial score (nSPS) is 12.4. The minimum atomic E-state index is 0.240. The first-order chi connectivity index (χ1) is 9.20. The van der Waals surface area contributed by atoms with Crippen molar-refractivity contribution in [2.24, 2.45) is 0 Å². The summed E-state index contributed by atoms with van der Waals surface area (Å²) >= 11 is 0. The van der Waals surface area contributed by atoms with Gasteiger partial charge < -0.3 is 5.32 Å². The van der Waals surface area contributed by atoms with Crippen molar-refractivity contribution in [3.8, 4) is 0 Å². The van der Waals surface area contributed by atoms with E-state index in [0.29, 0.717) is 12.5 Å². The van der Waals surface area contributed by atoms with Gasteiger partial charge in [-0.3, -0.25) is 4.79 Å². The van der Waals surface area contributed by atoms with Gasteiger partial charge in [-0.15, -0.1) is 0 Å². The van der Waals surface area contributed by atoms with Crippen LogP contribution in [0.2, 0.25) is 0 Å². The molecule has 0 saturated carbocycles. The molecular weight excluding hydrogens is 234 g/mol. The second-order valence-corrected chi connectivity index (χ2v) is 5.84. The molecule has 0 aromatic carbocycles. The molecule has 0 aliphatic rings. The summed E-state index contributed by atoms with van der Waals surface area (Å²) in [5.74, 6) is 0.240. The van der Waals surface area contributed by atoms with Gasteiger partial charge in [-0.05, 0) is 19.8 Å². The van der Waals surface area contributed by atoms with Crippen molar-refractivity contribution in [1.29, 1.82) is 0 Å². The van der Waals surface area contributed by atoms with Crippen LogP contribution in [0.3, 0.4) is 0 Å². The van der Waals surface area contributed by atoms with E-state index in [1.54, 1.807) is 0 Å². The van der Waals surface area contributed by atoms with Crippen LogP contribution in [0.5, 0.6) is 0 Å². The largest absolute Gasteiger partial charge is 0.354 e. The highest BCUT2D eigenvalue weighted by Crippen LogP contribution is 2.10.